The average molecular weight is 411 g/mol. The number of nitrogens with one attached hydrogen (secondary N) is 3. The average Bonchev–Trinajstić information content (AvgIpc) is 3.63. The normalized spacial score (nSPS) is 12.6. The maximum atomic E-state index is 12.6. The summed E-state index contributed by atoms with van der Waals surface area (Å²) >= 11 is 0. The highest BCUT2D eigenvalue weighted by molar-refractivity contribution is 6.48. The zero-order valence-corrected chi connectivity index (χ0v) is 16.7. The van der Waals surface area contributed by atoms with Crippen LogP contribution in [0.2, 0.25) is 0 Å². The van der Waals surface area contributed by atoms with Crippen molar-refractivity contribution in [1.82, 2.24) is 9.97 Å². The van der Waals surface area contributed by atoms with Crippen molar-refractivity contribution in [3.8, 4) is 17.2 Å². The summed E-state index contributed by atoms with van der Waals surface area (Å²) in [6.07, 6.45) is 7.43. The van der Waals surface area contributed by atoms with E-state index in [9.17, 15) is 4.79 Å². The van der Waals surface area contributed by atoms with Crippen molar-refractivity contribution in [3.63, 3.8) is 0 Å². The smallest absolute Gasteiger partial charge is 0.274 e. The largest absolute Gasteiger partial charge is 0.398 e. The van der Waals surface area contributed by atoms with Crippen molar-refractivity contribution < 1.29 is 4.79 Å². The van der Waals surface area contributed by atoms with Crippen LogP contribution in [0.15, 0.2) is 55.0 Å². The molecule has 8 nitrogen and oxygen atoms in total. The molecule has 1 fully saturated rings. The summed E-state index contributed by atoms with van der Waals surface area (Å²) in [5.74, 6) is 0.130. The summed E-state index contributed by atoms with van der Waals surface area (Å²) in [4.78, 5) is 20.8. The lowest BCUT2D eigenvalue weighted by Gasteiger charge is -2.12. The number of hydrogen-bond donors (Lipinski definition) is 4. The Morgan fingerprint density at radius 1 is 1.13 bits per heavy atom. The molecule has 8 heteroatoms. The summed E-state index contributed by atoms with van der Waals surface area (Å²) in [6, 6.07) is 12.2. The number of nitriles is 1. The lowest BCUT2D eigenvalue weighted by molar-refractivity contribution is -0.110. The zero-order chi connectivity index (χ0) is 21.8. The molecular weight excluding hydrogens is 390 g/mol. The van der Waals surface area contributed by atoms with E-state index in [0.29, 0.717) is 16.9 Å². The molecule has 1 saturated carbocycles. The fourth-order valence-electron chi connectivity index (χ4n) is 3.08. The van der Waals surface area contributed by atoms with Crippen molar-refractivity contribution in [3.05, 3.63) is 66.2 Å². The first-order valence-electron chi connectivity index (χ1n) is 9.89. The number of aromatic nitrogens is 2. The number of carbonyl (C=O) groups excluding carboxylic acids is 1. The van der Waals surface area contributed by atoms with Gasteiger partial charge in [-0.1, -0.05) is 6.07 Å². The molecule has 0 bridgehead atoms. The van der Waals surface area contributed by atoms with E-state index in [1.807, 2.05) is 18.2 Å². The van der Waals surface area contributed by atoms with Crippen LogP contribution in [0.5, 0.6) is 0 Å². The highest BCUT2D eigenvalue weighted by atomic mass is 16.1. The second kappa shape index (κ2) is 8.63. The maximum absolute atomic E-state index is 12.6. The molecule has 4 rings (SSSR count). The summed E-state index contributed by atoms with van der Waals surface area (Å²) in [6.45, 7) is 0.938. The Hall–Kier alpha value is -4.25. The Kier molecular flexibility index (Phi) is 5.58. The minimum Gasteiger partial charge on any atom is -0.398 e. The molecule has 2 heterocycles. The standard InChI is InChI=1S/C23H21N7O/c24-9-17-4-5-18(13-29-17)30-23(31)22(26)20-8-15(3-6-21(20)25)16-7-19(12-27-11-16)28-10-14-1-2-14/h3-8,11-14,26,28H,1-2,10,25H2,(H,30,31). The van der Waals surface area contributed by atoms with Gasteiger partial charge in [-0.2, -0.15) is 5.26 Å². The monoisotopic (exact) mass is 411 g/mol. The summed E-state index contributed by atoms with van der Waals surface area (Å²) < 4.78 is 0. The highest BCUT2D eigenvalue weighted by Gasteiger charge is 2.20. The number of pyridine rings is 2. The van der Waals surface area contributed by atoms with E-state index in [1.165, 1.54) is 25.1 Å². The Labute approximate surface area is 179 Å². The van der Waals surface area contributed by atoms with Crippen LogP contribution >= 0.6 is 0 Å². The van der Waals surface area contributed by atoms with Crippen molar-refractivity contribution in [2.75, 3.05) is 22.9 Å². The third-order valence-corrected chi connectivity index (χ3v) is 5.05. The molecule has 1 aromatic carbocycles. The fraction of sp³-hybridized carbons (Fsp3) is 0.174. The molecule has 154 valence electrons. The lowest BCUT2D eigenvalue weighted by Crippen LogP contribution is -2.24. The van der Waals surface area contributed by atoms with E-state index in [4.69, 9.17) is 16.4 Å². The third kappa shape index (κ3) is 4.85. The molecule has 2 aromatic heterocycles. The summed E-state index contributed by atoms with van der Waals surface area (Å²) in [7, 11) is 0. The van der Waals surface area contributed by atoms with Gasteiger partial charge >= 0.3 is 0 Å². The molecule has 0 radical (unpaired) electrons. The quantitative estimate of drug-likeness (QED) is 0.347. The van der Waals surface area contributed by atoms with Crippen LogP contribution in [0.3, 0.4) is 0 Å². The number of amides is 1. The minimum absolute atomic E-state index is 0.243. The number of nitrogens with two attached hydrogens (primary N) is 1. The molecule has 5 N–H and O–H groups in total. The zero-order valence-electron chi connectivity index (χ0n) is 16.7. The van der Waals surface area contributed by atoms with Crippen LogP contribution in [0, 0.1) is 22.7 Å². The molecule has 0 spiro atoms. The van der Waals surface area contributed by atoms with Gasteiger partial charge < -0.3 is 16.4 Å². The van der Waals surface area contributed by atoms with Crippen LogP contribution in [0.25, 0.3) is 11.1 Å². The summed E-state index contributed by atoms with van der Waals surface area (Å²) in [5, 5.41) is 23.2. The topological polar surface area (TPSA) is 141 Å². The first kappa shape index (κ1) is 20.0. The van der Waals surface area contributed by atoms with Gasteiger partial charge in [0.15, 0.2) is 0 Å². The van der Waals surface area contributed by atoms with E-state index in [-0.39, 0.29) is 11.4 Å². The second-order valence-electron chi connectivity index (χ2n) is 7.46. The Bertz CT molecular complexity index is 1180. The predicted molar refractivity (Wildman–Crippen MR) is 120 cm³/mol. The van der Waals surface area contributed by atoms with Crippen LogP contribution in [0.1, 0.15) is 24.1 Å². The van der Waals surface area contributed by atoms with E-state index in [0.717, 1.165) is 29.3 Å². The van der Waals surface area contributed by atoms with Crippen LogP contribution in [-0.4, -0.2) is 28.1 Å². The molecule has 1 aliphatic rings. The Morgan fingerprint density at radius 2 is 1.97 bits per heavy atom. The molecule has 0 saturated heterocycles. The molecule has 31 heavy (non-hydrogen) atoms. The lowest BCUT2D eigenvalue weighted by atomic mass is 10.00. The van der Waals surface area contributed by atoms with E-state index >= 15 is 0 Å². The fourth-order valence-corrected chi connectivity index (χ4v) is 3.08. The second-order valence-corrected chi connectivity index (χ2v) is 7.46. The van der Waals surface area contributed by atoms with Gasteiger partial charge in [0.25, 0.3) is 5.91 Å². The number of benzene rings is 1. The van der Waals surface area contributed by atoms with Gasteiger partial charge in [0, 0.05) is 35.8 Å². The molecule has 0 unspecified atom stereocenters. The Balaban J connectivity index is 1.52. The van der Waals surface area contributed by atoms with E-state index < -0.39 is 5.91 Å². The van der Waals surface area contributed by atoms with Gasteiger partial charge in [0.1, 0.15) is 17.5 Å². The molecular formula is C23H21N7O. The van der Waals surface area contributed by atoms with Crippen molar-refractivity contribution in [2.24, 2.45) is 5.92 Å². The third-order valence-electron chi connectivity index (χ3n) is 5.05. The number of nitrogen functional groups attached to an aromatic ring is 1. The van der Waals surface area contributed by atoms with Gasteiger partial charge in [-0.05, 0) is 54.7 Å². The van der Waals surface area contributed by atoms with Crippen LogP contribution in [-0.2, 0) is 4.79 Å². The van der Waals surface area contributed by atoms with E-state index in [1.54, 1.807) is 30.6 Å². The van der Waals surface area contributed by atoms with Gasteiger partial charge in [-0.25, -0.2) is 4.98 Å². The first-order valence-corrected chi connectivity index (χ1v) is 9.89. The molecule has 0 atom stereocenters. The minimum atomic E-state index is -0.617. The Morgan fingerprint density at radius 3 is 2.68 bits per heavy atom. The van der Waals surface area contributed by atoms with Crippen LogP contribution < -0.4 is 16.4 Å². The number of nitrogens with zero attached hydrogens (tertiary/aromatic N) is 3. The molecule has 0 aliphatic heterocycles. The van der Waals surface area contributed by atoms with Crippen molar-refractivity contribution in [1.29, 1.82) is 10.7 Å². The van der Waals surface area contributed by atoms with Gasteiger partial charge in [0.05, 0.1) is 17.6 Å². The maximum Gasteiger partial charge on any atom is 0.274 e. The first-order chi connectivity index (χ1) is 15.0. The van der Waals surface area contributed by atoms with E-state index in [2.05, 4.69) is 20.6 Å². The highest BCUT2D eigenvalue weighted by Crippen LogP contribution is 2.30. The van der Waals surface area contributed by atoms with Crippen molar-refractivity contribution in [2.45, 2.75) is 12.8 Å². The number of hydrogen-bond acceptors (Lipinski definition) is 7. The van der Waals surface area contributed by atoms with Gasteiger partial charge in [0.2, 0.25) is 0 Å². The van der Waals surface area contributed by atoms with Crippen molar-refractivity contribution >= 4 is 28.7 Å². The number of anilines is 3. The summed E-state index contributed by atoms with van der Waals surface area (Å²) in [5.41, 5.74) is 9.70. The van der Waals surface area contributed by atoms with Gasteiger partial charge in [-0.15, -0.1) is 0 Å². The number of rotatable bonds is 7. The predicted octanol–water partition coefficient (Wildman–Crippen LogP) is 3.43. The molecule has 1 amide bonds. The molecule has 1 aliphatic carbocycles. The van der Waals surface area contributed by atoms with Crippen LogP contribution in [0.4, 0.5) is 17.1 Å². The molecule has 3 aromatic rings. The number of carbonyl (C=O) groups is 1. The van der Waals surface area contributed by atoms with Gasteiger partial charge in [-0.3, -0.25) is 15.2 Å². The SMILES string of the molecule is N#Cc1ccc(NC(=O)C(=N)c2cc(-c3cncc(NCC4CC4)c3)ccc2N)cn1.